The average Bonchev–Trinajstić information content (AvgIpc) is 4.25. The van der Waals surface area contributed by atoms with Gasteiger partial charge < -0.3 is 13.7 Å². The minimum Gasteiger partial charge on any atom is -0.456 e. The van der Waals surface area contributed by atoms with Crippen LogP contribution in [0.3, 0.4) is 0 Å². The Morgan fingerprint density at radius 1 is 0.338 bits per heavy atom. The number of fused-ring (bicyclic) bond motifs is 19. The van der Waals surface area contributed by atoms with Crippen molar-refractivity contribution in [1.29, 1.82) is 0 Å². The molecule has 1 spiro atoms. The summed E-state index contributed by atoms with van der Waals surface area (Å²) in [4.78, 5) is 2.48. The van der Waals surface area contributed by atoms with Crippen molar-refractivity contribution >= 4 is 92.4 Å². The third kappa shape index (κ3) is 5.16. The van der Waals surface area contributed by atoms with E-state index < -0.39 is 5.41 Å². The summed E-state index contributed by atoms with van der Waals surface area (Å²) in [6.45, 7) is 0. The Bertz CT molecular complexity index is 4510. The molecule has 3 nitrogen and oxygen atoms in total. The first-order valence-electron chi connectivity index (χ1n) is 24.3. The molecule has 3 aromatic heterocycles. The van der Waals surface area contributed by atoms with Gasteiger partial charge >= 0.3 is 0 Å². The van der Waals surface area contributed by atoms with Crippen LogP contribution in [0, 0.1) is 0 Å². The summed E-state index contributed by atoms with van der Waals surface area (Å²) < 4.78 is 17.0. The van der Waals surface area contributed by atoms with Crippen molar-refractivity contribution in [2.75, 3.05) is 4.90 Å². The maximum atomic E-state index is 7.49. The smallest absolute Gasteiger partial charge is 0.144 e. The molecule has 2 aliphatic carbocycles. The van der Waals surface area contributed by atoms with Gasteiger partial charge in [-0.1, -0.05) is 194 Å². The van der Waals surface area contributed by atoms with Gasteiger partial charge in [-0.15, -0.1) is 11.3 Å². The second-order valence-corrected chi connectivity index (χ2v) is 20.0. The minimum absolute atomic E-state index is 0.498. The molecule has 0 fully saturated rings. The molecule has 330 valence electrons. The zero-order valence-corrected chi connectivity index (χ0v) is 39.0. The highest BCUT2D eigenvalue weighted by atomic mass is 32.1. The van der Waals surface area contributed by atoms with Crippen LogP contribution in [-0.2, 0) is 5.41 Å². The molecule has 0 saturated heterocycles. The third-order valence-corrected chi connectivity index (χ3v) is 16.7. The maximum Gasteiger partial charge on any atom is 0.144 e. The molecule has 16 rings (SSSR count). The van der Waals surface area contributed by atoms with E-state index in [1.54, 1.807) is 0 Å². The molecule has 0 unspecified atom stereocenters. The molecular weight excluding hydrogens is 883 g/mol. The van der Waals surface area contributed by atoms with Gasteiger partial charge in [0.1, 0.15) is 22.3 Å². The van der Waals surface area contributed by atoms with E-state index in [9.17, 15) is 0 Å². The normalized spacial score (nSPS) is 13.2. The summed E-state index contributed by atoms with van der Waals surface area (Å²) >= 11 is 1.85. The molecule has 4 heteroatoms. The quantitative estimate of drug-likeness (QED) is 0.172. The van der Waals surface area contributed by atoms with E-state index in [4.69, 9.17) is 8.83 Å². The Labute approximate surface area is 412 Å². The van der Waals surface area contributed by atoms with Crippen LogP contribution in [0.5, 0.6) is 0 Å². The van der Waals surface area contributed by atoms with E-state index in [0.717, 1.165) is 83.2 Å². The lowest BCUT2D eigenvalue weighted by molar-refractivity contribution is 0.664. The number of para-hydroxylation sites is 2. The monoisotopic (exact) mass is 921 g/mol. The van der Waals surface area contributed by atoms with Crippen molar-refractivity contribution in [2.45, 2.75) is 5.41 Å². The highest BCUT2D eigenvalue weighted by Crippen LogP contribution is 2.65. The van der Waals surface area contributed by atoms with Crippen LogP contribution in [0.15, 0.2) is 245 Å². The first-order valence-corrected chi connectivity index (χ1v) is 25.1. The Hall–Kier alpha value is -8.96. The van der Waals surface area contributed by atoms with E-state index >= 15 is 0 Å². The van der Waals surface area contributed by atoms with Crippen LogP contribution in [0.25, 0.3) is 109 Å². The number of anilines is 3. The van der Waals surface area contributed by atoms with Gasteiger partial charge in [0.15, 0.2) is 0 Å². The predicted octanol–water partition coefficient (Wildman–Crippen LogP) is 19.0. The molecule has 71 heavy (non-hydrogen) atoms. The van der Waals surface area contributed by atoms with Gasteiger partial charge in [0, 0.05) is 42.8 Å². The van der Waals surface area contributed by atoms with Crippen LogP contribution in [0.2, 0.25) is 0 Å². The van der Waals surface area contributed by atoms with E-state index in [2.05, 4.69) is 241 Å². The van der Waals surface area contributed by atoms with Crippen molar-refractivity contribution in [3.8, 4) is 44.5 Å². The molecule has 0 saturated carbocycles. The summed E-state index contributed by atoms with van der Waals surface area (Å²) in [5.74, 6) is 0. The summed E-state index contributed by atoms with van der Waals surface area (Å²) in [6, 6.07) is 86.4. The number of hydrogen-bond acceptors (Lipinski definition) is 4. The molecule has 0 amide bonds. The second kappa shape index (κ2) is 14.5. The molecule has 0 bridgehead atoms. The Morgan fingerprint density at radius 3 is 1.72 bits per heavy atom. The fraction of sp³-hybridized carbons (Fsp3) is 0.0149. The standard InChI is InChI=1S/C67H39NO2S/c1-2-19-40(20-3-1)41-21-7-13-33-54(41)68(56-35-17-27-45-44-24-9-15-38-60(44)71-66(45)56)55-34-18-37-58-62(55)49-39-59-63(47-26-8-14-36-57(47)69-59)64(65(49)70-58)48-28-16-32-53-61(48)46-25-6-12-31-52(46)67(53)50-29-10-4-22-42(50)43-23-5-11-30-51(43)67/h1-39H. The van der Waals surface area contributed by atoms with Gasteiger partial charge in [-0.2, -0.15) is 0 Å². The van der Waals surface area contributed by atoms with Crippen LogP contribution >= 0.6 is 11.3 Å². The fourth-order valence-electron chi connectivity index (χ4n) is 12.8. The second-order valence-electron chi connectivity index (χ2n) is 18.9. The SMILES string of the molecule is c1ccc(-c2ccccc2N(c2cccc3c2sc2ccccc23)c2cccc3oc4c(-c5cccc6c5-c5ccccc5C65c6ccccc6-c6ccccc65)c5c(cc4c23)oc2ccccc25)cc1. The Morgan fingerprint density at radius 2 is 0.901 bits per heavy atom. The zero-order valence-electron chi connectivity index (χ0n) is 38.2. The summed E-state index contributed by atoms with van der Waals surface area (Å²) in [5.41, 5.74) is 20.7. The van der Waals surface area contributed by atoms with Crippen molar-refractivity contribution in [3.05, 3.63) is 259 Å². The first-order chi connectivity index (χ1) is 35.3. The van der Waals surface area contributed by atoms with Gasteiger partial charge in [0.2, 0.25) is 0 Å². The lowest BCUT2D eigenvalue weighted by Gasteiger charge is -2.30. The van der Waals surface area contributed by atoms with Gasteiger partial charge in [0.05, 0.1) is 32.6 Å². The third-order valence-electron chi connectivity index (χ3n) is 15.5. The molecule has 0 aliphatic heterocycles. The summed E-state index contributed by atoms with van der Waals surface area (Å²) in [7, 11) is 0. The number of thiophene rings is 1. The van der Waals surface area contributed by atoms with Crippen LogP contribution in [-0.4, -0.2) is 0 Å². The lowest BCUT2D eigenvalue weighted by atomic mass is 9.70. The van der Waals surface area contributed by atoms with E-state index in [1.165, 1.54) is 64.7 Å². The molecule has 14 aromatic rings. The summed E-state index contributed by atoms with van der Waals surface area (Å²) in [5, 5.41) is 6.63. The fourth-order valence-corrected chi connectivity index (χ4v) is 14.0. The molecule has 2 aliphatic rings. The number of benzene rings is 11. The van der Waals surface area contributed by atoms with Crippen LogP contribution in [0.1, 0.15) is 22.3 Å². The van der Waals surface area contributed by atoms with Crippen molar-refractivity contribution in [3.63, 3.8) is 0 Å². The number of hydrogen-bond donors (Lipinski definition) is 0. The van der Waals surface area contributed by atoms with Crippen LogP contribution in [0.4, 0.5) is 17.1 Å². The number of nitrogens with zero attached hydrogens (tertiary/aromatic N) is 1. The molecule has 0 atom stereocenters. The highest BCUT2D eigenvalue weighted by molar-refractivity contribution is 7.26. The predicted molar refractivity (Wildman–Crippen MR) is 296 cm³/mol. The van der Waals surface area contributed by atoms with Gasteiger partial charge in [-0.3, -0.25) is 0 Å². The van der Waals surface area contributed by atoms with Gasteiger partial charge in [0.25, 0.3) is 0 Å². The maximum absolute atomic E-state index is 7.49. The van der Waals surface area contributed by atoms with E-state index in [1.807, 2.05) is 11.3 Å². The van der Waals surface area contributed by atoms with Crippen molar-refractivity contribution in [2.24, 2.45) is 0 Å². The average molecular weight is 922 g/mol. The first kappa shape index (κ1) is 38.9. The Kier molecular flexibility index (Phi) is 7.97. The van der Waals surface area contributed by atoms with Crippen molar-refractivity contribution < 1.29 is 8.83 Å². The molecule has 0 N–H and O–H groups in total. The molecular formula is C67H39NO2S. The topological polar surface area (TPSA) is 29.5 Å². The number of furan rings is 2. The molecule has 11 aromatic carbocycles. The molecule has 0 radical (unpaired) electrons. The zero-order chi connectivity index (χ0) is 46.4. The van der Waals surface area contributed by atoms with E-state index in [-0.39, 0.29) is 0 Å². The summed E-state index contributed by atoms with van der Waals surface area (Å²) in [6.07, 6.45) is 0. The van der Waals surface area contributed by atoms with Crippen LogP contribution < -0.4 is 4.90 Å². The van der Waals surface area contributed by atoms with Gasteiger partial charge in [-0.05, 0) is 98.1 Å². The van der Waals surface area contributed by atoms with Crippen molar-refractivity contribution in [1.82, 2.24) is 0 Å². The molecule has 3 heterocycles. The largest absolute Gasteiger partial charge is 0.456 e. The lowest BCUT2D eigenvalue weighted by Crippen LogP contribution is -2.25. The van der Waals surface area contributed by atoms with E-state index in [0.29, 0.717) is 0 Å². The Balaban J connectivity index is 1.04. The van der Waals surface area contributed by atoms with Gasteiger partial charge in [-0.25, -0.2) is 0 Å². The highest BCUT2D eigenvalue weighted by Gasteiger charge is 2.52. The minimum atomic E-state index is -0.498. The number of rotatable bonds is 5.